The van der Waals surface area contributed by atoms with Gasteiger partial charge in [-0.3, -0.25) is 4.90 Å². The van der Waals surface area contributed by atoms with Crippen molar-refractivity contribution in [1.82, 2.24) is 4.90 Å². The Labute approximate surface area is 85.9 Å². The third-order valence-corrected chi connectivity index (χ3v) is 2.45. The molecule has 0 fully saturated rings. The van der Waals surface area contributed by atoms with E-state index >= 15 is 0 Å². The predicted molar refractivity (Wildman–Crippen MR) is 58.0 cm³/mol. The zero-order valence-corrected chi connectivity index (χ0v) is 9.07. The summed E-state index contributed by atoms with van der Waals surface area (Å²) in [4.78, 5) is 2.35. The summed E-state index contributed by atoms with van der Waals surface area (Å²) in [5.41, 5.74) is 5.77. The zero-order chi connectivity index (χ0) is 10.4. The second kappa shape index (κ2) is 5.83. The summed E-state index contributed by atoms with van der Waals surface area (Å²) in [6, 6.07) is 4.14. The van der Waals surface area contributed by atoms with Gasteiger partial charge in [-0.05, 0) is 31.6 Å². The SMILES string of the molecule is CCCN(CC)C(CN)c1ccco1. The molecule has 0 saturated heterocycles. The van der Waals surface area contributed by atoms with Gasteiger partial charge in [-0.1, -0.05) is 13.8 Å². The minimum atomic E-state index is 0.231. The lowest BCUT2D eigenvalue weighted by Crippen LogP contribution is -2.34. The van der Waals surface area contributed by atoms with Gasteiger partial charge < -0.3 is 10.2 Å². The fraction of sp³-hybridized carbons (Fsp3) is 0.636. The highest BCUT2D eigenvalue weighted by molar-refractivity contribution is 5.05. The Morgan fingerprint density at radius 1 is 1.50 bits per heavy atom. The molecule has 0 amide bonds. The molecule has 14 heavy (non-hydrogen) atoms. The maximum absolute atomic E-state index is 5.77. The first-order chi connectivity index (χ1) is 6.83. The highest BCUT2D eigenvalue weighted by Gasteiger charge is 2.18. The maximum atomic E-state index is 5.77. The van der Waals surface area contributed by atoms with Crippen LogP contribution in [0.4, 0.5) is 0 Å². The lowest BCUT2D eigenvalue weighted by Gasteiger charge is -2.27. The van der Waals surface area contributed by atoms with Gasteiger partial charge in [0, 0.05) is 6.54 Å². The van der Waals surface area contributed by atoms with Crippen LogP contribution >= 0.6 is 0 Å². The number of nitrogens with two attached hydrogens (primary N) is 1. The molecule has 0 spiro atoms. The highest BCUT2D eigenvalue weighted by atomic mass is 16.3. The minimum absolute atomic E-state index is 0.231. The molecule has 3 heteroatoms. The molecule has 80 valence electrons. The highest BCUT2D eigenvalue weighted by Crippen LogP contribution is 2.19. The molecule has 0 bridgehead atoms. The average molecular weight is 196 g/mol. The van der Waals surface area contributed by atoms with Crippen LogP contribution in [0.2, 0.25) is 0 Å². The van der Waals surface area contributed by atoms with Gasteiger partial charge in [0.25, 0.3) is 0 Å². The molecule has 1 aromatic heterocycles. The quantitative estimate of drug-likeness (QED) is 0.756. The van der Waals surface area contributed by atoms with Crippen molar-refractivity contribution in [3.05, 3.63) is 24.2 Å². The van der Waals surface area contributed by atoms with E-state index in [1.54, 1.807) is 6.26 Å². The normalized spacial score (nSPS) is 13.4. The number of rotatable bonds is 6. The van der Waals surface area contributed by atoms with E-state index in [-0.39, 0.29) is 6.04 Å². The smallest absolute Gasteiger partial charge is 0.122 e. The van der Waals surface area contributed by atoms with Crippen LogP contribution in [0.15, 0.2) is 22.8 Å². The molecule has 0 radical (unpaired) electrons. The van der Waals surface area contributed by atoms with Crippen LogP contribution < -0.4 is 5.73 Å². The van der Waals surface area contributed by atoms with Gasteiger partial charge in [0.05, 0.1) is 12.3 Å². The second-order valence-corrected chi connectivity index (χ2v) is 3.40. The first-order valence-electron chi connectivity index (χ1n) is 5.31. The van der Waals surface area contributed by atoms with Crippen LogP contribution in [0, 0.1) is 0 Å². The van der Waals surface area contributed by atoms with E-state index in [0.717, 1.165) is 25.3 Å². The Bertz CT molecular complexity index is 233. The number of likely N-dealkylation sites (N-methyl/N-ethyl adjacent to an activating group) is 1. The Balaban J connectivity index is 2.68. The van der Waals surface area contributed by atoms with E-state index < -0.39 is 0 Å². The monoisotopic (exact) mass is 196 g/mol. The van der Waals surface area contributed by atoms with Crippen LogP contribution in [0.1, 0.15) is 32.1 Å². The van der Waals surface area contributed by atoms with Crippen molar-refractivity contribution in [3.63, 3.8) is 0 Å². The van der Waals surface area contributed by atoms with Gasteiger partial charge in [0.15, 0.2) is 0 Å². The maximum Gasteiger partial charge on any atom is 0.122 e. The van der Waals surface area contributed by atoms with Crippen molar-refractivity contribution in [2.24, 2.45) is 5.73 Å². The molecular formula is C11H20N2O. The van der Waals surface area contributed by atoms with Crippen molar-refractivity contribution >= 4 is 0 Å². The van der Waals surface area contributed by atoms with Crippen molar-refractivity contribution < 1.29 is 4.42 Å². The van der Waals surface area contributed by atoms with Gasteiger partial charge in [0.1, 0.15) is 5.76 Å². The fourth-order valence-electron chi connectivity index (χ4n) is 1.75. The third kappa shape index (κ3) is 2.59. The molecular weight excluding hydrogens is 176 g/mol. The van der Waals surface area contributed by atoms with Crippen LogP contribution in [-0.2, 0) is 0 Å². The van der Waals surface area contributed by atoms with Crippen molar-refractivity contribution in [2.75, 3.05) is 19.6 Å². The van der Waals surface area contributed by atoms with Crippen molar-refractivity contribution in [1.29, 1.82) is 0 Å². The summed E-state index contributed by atoms with van der Waals surface area (Å²) in [5.74, 6) is 0.975. The summed E-state index contributed by atoms with van der Waals surface area (Å²) in [5, 5.41) is 0. The predicted octanol–water partition coefficient (Wildman–Crippen LogP) is 2.01. The van der Waals surface area contributed by atoms with Crippen molar-refractivity contribution in [2.45, 2.75) is 26.3 Å². The van der Waals surface area contributed by atoms with Gasteiger partial charge in [-0.25, -0.2) is 0 Å². The lowest BCUT2D eigenvalue weighted by molar-refractivity contribution is 0.188. The lowest BCUT2D eigenvalue weighted by atomic mass is 10.2. The van der Waals surface area contributed by atoms with Crippen LogP contribution in [0.5, 0.6) is 0 Å². The van der Waals surface area contributed by atoms with Gasteiger partial charge >= 0.3 is 0 Å². The zero-order valence-electron chi connectivity index (χ0n) is 9.07. The molecule has 1 atom stereocenters. The molecule has 0 aliphatic heterocycles. The van der Waals surface area contributed by atoms with Gasteiger partial charge in [-0.15, -0.1) is 0 Å². The molecule has 2 N–H and O–H groups in total. The Morgan fingerprint density at radius 2 is 2.29 bits per heavy atom. The van der Waals surface area contributed by atoms with Gasteiger partial charge in [-0.2, -0.15) is 0 Å². The molecule has 1 aromatic rings. The van der Waals surface area contributed by atoms with Crippen LogP contribution in [0.3, 0.4) is 0 Å². The van der Waals surface area contributed by atoms with E-state index in [1.165, 1.54) is 0 Å². The Morgan fingerprint density at radius 3 is 2.71 bits per heavy atom. The molecule has 3 nitrogen and oxygen atoms in total. The molecule has 0 saturated carbocycles. The Kier molecular flexibility index (Phi) is 4.70. The second-order valence-electron chi connectivity index (χ2n) is 3.40. The number of furan rings is 1. The van der Waals surface area contributed by atoms with Crippen LogP contribution in [0.25, 0.3) is 0 Å². The summed E-state index contributed by atoms with van der Waals surface area (Å²) >= 11 is 0. The number of hydrogen-bond acceptors (Lipinski definition) is 3. The van der Waals surface area contributed by atoms with Crippen LogP contribution in [-0.4, -0.2) is 24.5 Å². The molecule has 0 aliphatic rings. The topological polar surface area (TPSA) is 42.4 Å². The summed E-state index contributed by atoms with van der Waals surface area (Å²) in [6.45, 7) is 7.02. The van der Waals surface area contributed by atoms with E-state index in [2.05, 4.69) is 18.7 Å². The standard InChI is InChI=1S/C11H20N2O/c1-3-7-13(4-2)10(9-12)11-6-5-8-14-11/h5-6,8,10H,3-4,7,9,12H2,1-2H3. The molecule has 1 heterocycles. The van der Waals surface area contributed by atoms with E-state index in [4.69, 9.17) is 10.2 Å². The molecule has 1 unspecified atom stereocenters. The van der Waals surface area contributed by atoms with E-state index in [9.17, 15) is 0 Å². The minimum Gasteiger partial charge on any atom is -0.468 e. The molecule has 1 rings (SSSR count). The van der Waals surface area contributed by atoms with E-state index in [0.29, 0.717) is 6.54 Å². The van der Waals surface area contributed by atoms with Gasteiger partial charge in [0.2, 0.25) is 0 Å². The summed E-state index contributed by atoms with van der Waals surface area (Å²) in [7, 11) is 0. The van der Waals surface area contributed by atoms with Crippen molar-refractivity contribution in [3.8, 4) is 0 Å². The largest absolute Gasteiger partial charge is 0.468 e. The first kappa shape index (κ1) is 11.3. The molecule has 0 aromatic carbocycles. The number of nitrogens with zero attached hydrogens (tertiary/aromatic N) is 1. The fourth-order valence-corrected chi connectivity index (χ4v) is 1.75. The van der Waals surface area contributed by atoms with E-state index in [1.807, 2.05) is 12.1 Å². The Hall–Kier alpha value is -0.800. The summed E-state index contributed by atoms with van der Waals surface area (Å²) in [6.07, 6.45) is 2.85. The summed E-state index contributed by atoms with van der Waals surface area (Å²) < 4.78 is 5.39. The third-order valence-electron chi connectivity index (χ3n) is 2.45. The number of hydrogen-bond donors (Lipinski definition) is 1. The average Bonchev–Trinajstić information content (AvgIpc) is 2.71. The molecule has 0 aliphatic carbocycles. The first-order valence-corrected chi connectivity index (χ1v) is 5.31.